The zero-order valence-electron chi connectivity index (χ0n) is 18.1. The van der Waals surface area contributed by atoms with E-state index in [4.69, 9.17) is 16.3 Å². The molecule has 0 aliphatic heterocycles. The number of halogens is 2. The zero-order chi connectivity index (χ0) is 22.6. The number of carbonyl (C=O) groups is 2. The summed E-state index contributed by atoms with van der Waals surface area (Å²) in [5.74, 6) is 0.518. The Morgan fingerprint density at radius 2 is 1.77 bits per heavy atom. The molecule has 0 unspecified atom stereocenters. The van der Waals surface area contributed by atoms with Gasteiger partial charge >= 0.3 is 0 Å². The van der Waals surface area contributed by atoms with Gasteiger partial charge < -0.3 is 15.0 Å². The Balaban J connectivity index is 1.96. The summed E-state index contributed by atoms with van der Waals surface area (Å²) in [6, 6.07) is 14.4. The molecule has 0 fully saturated rings. The zero-order valence-corrected chi connectivity index (χ0v) is 20.4. The maximum absolute atomic E-state index is 13.0. The van der Waals surface area contributed by atoms with Crippen LogP contribution in [0.2, 0.25) is 5.02 Å². The van der Waals surface area contributed by atoms with Crippen LogP contribution in [-0.2, 0) is 16.1 Å². The van der Waals surface area contributed by atoms with E-state index in [0.29, 0.717) is 43.3 Å². The minimum Gasteiger partial charge on any atom is -0.494 e. The van der Waals surface area contributed by atoms with Crippen LogP contribution in [0.25, 0.3) is 0 Å². The van der Waals surface area contributed by atoms with Crippen LogP contribution in [0.5, 0.6) is 5.75 Å². The van der Waals surface area contributed by atoms with Gasteiger partial charge in [0.25, 0.3) is 0 Å². The summed E-state index contributed by atoms with van der Waals surface area (Å²) < 4.78 is 6.65. The Kier molecular flexibility index (Phi) is 10.9. The van der Waals surface area contributed by atoms with E-state index in [1.165, 1.54) is 0 Å². The highest BCUT2D eigenvalue weighted by atomic mass is 79.9. The lowest BCUT2D eigenvalue weighted by Crippen LogP contribution is -2.47. The van der Waals surface area contributed by atoms with Gasteiger partial charge in [-0.15, -0.1) is 0 Å². The highest BCUT2D eigenvalue weighted by Gasteiger charge is 2.25. The van der Waals surface area contributed by atoms with Crippen molar-refractivity contribution in [1.82, 2.24) is 10.2 Å². The number of benzene rings is 2. The van der Waals surface area contributed by atoms with E-state index in [0.717, 1.165) is 22.9 Å². The molecule has 7 heteroatoms. The summed E-state index contributed by atoms with van der Waals surface area (Å²) in [4.78, 5) is 27.3. The fourth-order valence-corrected chi connectivity index (χ4v) is 3.38. The number of carbonyl (C=O) groups excluding carboxylic acids is 2. The summed E-state index contributed by atoms with van der Waals surface area (Å²) in [6.45, 7) is 5.27. The molecule has 0 radical (unpaired) electrons. The van der Waals surface area contributed by atoms with Crippen molar-refractivity contribution in [1.29, 1.82) is 0 Å². The van der Waals surface area contributed by atoms with E-state index in [2.05, 4.69) is 28.2 Å². The molecule has 0 aliphatic carbocycles. The molecule has 2 aromatic rings. The topological polar surface area (TPSA) is 58.6 Å². The molecule has 168 valence electrons. The second kappa shape index (κ2) is 13.4. The van der Waals surface area contributed by atoms with Crippen molar-refractivity contribution in [3.05, 3.63) is 63.6 Å². The van der Waals surface area contributed by atoms with Crippen LogP contribution in [0, 0.1) is 0 Å². The maximum Gasteiger partial charge on any atom is 0.242 e. The smallest absolute Gasteiger partial charge is 0.242 e. The minimum atomic E-state index is -0.551. The van der Waals surface area contributed by atoms with Gasteiger partial charge in [-0.2, -0.15) is 0 Å². The molecule has 0 aliphatic rings. The first-order chi connectivity index (χ1) is 14.9. The van der Waals surface area contributed by atoms with E-state index in [1.54, 1.807) is 36.1 Å². The molecule has 0 bridgehead atoms. The number of nitrogens with one attached hydrogen (secondary N) is 1. The fraction of sp³-hybridized carbons (Fsp3) is 0.417. The van der Waals surface area contributed by atoms with Gasteiger partial charge in [-0.3, -0.25) is 9.59 Å². The van der Waals surface area contributed by atoms with Gasteiger partial charge in [0.15, 0.2) is 0 Å². The van der Waals surface area contributed by atoms with E-state index in [9.17, 15) is 9.59 Å². The molecular formula is C24H30BrClN2O3. The summed E-state index contributed by atoms with van der Waals surface area (Å²) >= 11 is 9.31. The SMILES string of the molecule is CCCCNC(=O)[C@H](C)N(Cc1ccc(Br)cc1)C(=O)CCCOc1ccc(Cl)cc1. The normalized spacial score (nSPS) is 11.6. The first-order valence-electron chi connectivity index (χ1n) is 10.6. The molecule has 2 rings (SSSR count). The molecule has 0 aromatic heterocycles. The first-order valence-corrected chi connectivity index (χ1v) is 11.8. The minimum absolute atomic E-state index is 0.0687. The average molecular weight is 510 g/mol. The summed E-state index contributed by atoms with van der Waals surface area (Å²) in [5.41, 5.74) is 0.974. The molecule has 1 atom stereocenters. The first kappa shape index (κ1) is 25.2. The Morgan fingerprint density at radius 3 is 2.42 bits per heavy atom. The molecule has 0 saturated carbocycles. The van der Waals surface area contributed by atoms with Crippen LogP contribution in [0.3, 0.4) is 0 Å². The average Bonchev–Trinajstić information content (AvgIpc) is 2.77. The van der Waals surface area contributed by atoms with Gasteiger partial charge in [-0.05, 0) is 61.7 Å². The molecule has 31 heavy (non-hydrogen) atoms. The second-order valence-electron chi connectivity index (χ2n) is 7.37. The van der Waals surface area contributed by atoms with E-state index < -0.39 is 6.04 Å². The Hall–Kier alpha value is -2.05. The van der Waals surface area contributed by atoms with Crippen molar-refractivity contribution in [3.8, 4) is 5.75 Å². The molecule has 5 nitrogen and oxygen atoms in total. The monoisotopic (exact) mass is 508 g/mol. The van der Waals surface area contributed by atoms with Crippen LogP contribution < -0.4 is 10.1 Å². The number of hydrogen-bond acceptors (Lipinski definition) is 3. The summed E-state index contributed by atoms with van der Waals surface area (Å²) in [7, 11) is 0. The van der Waals surface area contributed by atoms with Crippen LogP contribution in [-0.4, -0.2) is 35.9 Å². The van der Waals surface area contributed by atoms with Gasteiger partial charge in [0.1, 0.15) is 11.8 Å². The van der Waals surface area contributed by atoms with Gasteiger partial charge in [-0.25, -0.2) is 0 Å². The van der Waals surface area contributed by atoms with Crippen molar-refractivity contribution in [2.24, 2.45) is 0 Å². The van der Waals surface area contributed by atoms with Crippen molar-refractivity contribution in [3.63, 3.8) is 0 Å². The van der Waals surface area contributed by atoms with E-state index in [-0.39, 0.29) is 11.8 Å². The second-order valence-corrected chi connectivity index (χ2v) is 8.73. The van der Waals surface area contributed by atoms with Crippen molar-refractivity contribution in [2.45, 2.75) is 52.1 Å². The molecule has 0 heterocycles. The van der Waals surface area contributed by atoms with Gasteiger partial charge in [-0.1, -0.05) is 53.0 Å². The van der Waals surface area contributed by atoms with E-state index in [1.807, 2.05) is 24.3 Å². The summed E-state index contributed by atoms with van der Waals surface area (Å²) in [5, 5.41) is 3.58. The lowest BCUT2D eigenvalue weighted by molar-refractivity contribution is -0.140. The predicted molar refractivity (Wildman–Crippen MR) is 128 cm³/mol. The van der Waals surface area contributed by atoms with Crippen LogP contribution in [0.1, 0.15) is 45.1 Å². The Bertz CT molecular complexity index is 828. The van der Waals surface area contributed by atoms with Gasteiger partial charge in [0, 0.05) is 29.0 Å². The lowest BCUT2D eigenvalue weighted by atomic mass is 10.1. The Morgan fingerprint density at radius 1 is 1.10 bits per heavy atom. The van der Waals surface area contributed by atoms with Crippen molar-refractivity contribution < 1.29 is 14.3 Å². The number of hydrogen-bond donors (Lipinski definition) is 1. The third-order valence-corrected chi connectivity index (χ3v) is 5.66. The van der Waals surface area contributed by atoms with Gasteiger partial charge in [0.2, 0.25) is 11.8 Å². The summed E-state index contributed by atoms with van der Waals surface area (Å²) in [6.07, 6.45) is 2.78. The molecule has 2 amide bonds. The molecule has 0 saturated heterocycles. The largest absolute Gasteiger partial charge is 0.494 e. The standard InChI is InChI=1S/C24H30BrClN2O3/c1-3-4-15-27-24(30)18(2)28(17-19-7-9-20(25)10-8-19)23(29)6-5-16-31-22-13-11-21(26)12-14-22/h7-14,18H,3-6,15-17H2,1-2H3,(H,27,30)/t18-/m0/s1. The third-order valence-electron chi connectivity index (χ3n) is 4.88. The van der Waals surface area contributed by atoms with E-state index >= 15 is 0 Å². The number of amides is 2. The maximum atomic E-state index is 13.0. The van der Waals surface area contributed by atoms with Crippen molar-refractivity contribution in [2.75, 3.05) is 13.2 Å². The molecule has 1 N–H and O–H groups in total. The Labute approximate surface area is 198 Å². The van der Waals surface area contributed by atoms with Crippen molar-refractivity contribution >= 4 is 39.3 Å². The van der Waals surface area contributed by atoms with Crippen LogP contribution in [0.15, 0.2) is 53.0 Å². The van der Waals surface area contributed by atoms with Crippen LogP contribution in [0.4, 0.5) is 0 Å². The molecule has 0 spiro atoms. The number of unbranched alkanes of at least 4 members (excludes halogenated alkanes) is 1. The molecule has 2 aromatic carbocycles. The number of ether oxygens (including phenoxy) is 1. The quantitative estimate of drug-likeness (QED) is 0.379. The van der Waals surface area contributed by atoms with Crippen LogP contribution >= 0.6 is 27.5 Å². The number of rotatable bonds is 12. The number of nitrogens with zero attached hydrogens (tertiary/aromatic N) is 1. The third kappa shape index (κ3) is 8.91. The molecular weight excluding hydrogens is 480 g/mol. The fourth-order valence-electron chi connectivity index (χ4n) is 2.99. The predicted octanol–water partition coefficient (Wildman–Crippen LogP) is 5.60. The van der Waals surface area contributed by atoms with Gasteiger partial charge in [0.05, 0.1) is 6.61 Å². The lowest BCUT2D eigenvalue weighted by Gasteiger charge is -2.29. The highest BCUT2D eigenvalue weighted by molar-refractivity contribution is 9.10. The highest BCUT2D eigenvalue weighted by Crippen LogP contribution is 2.17.